The first kappa shape index (κ1) is 18.6. The first-order valence-electron chi connectivity index (χ1n) is 8.92. The number of nitrogens with one attached hydrogen (secondary N) is 1. The average Bonchev–Trinajstić information content (AvgIpc) is 3.04. The molecule has 0 bridgehead atoms. The highest BCUT2D eigenvalue weighted by Crippen LogP contribution is 2.41. The number of carbonyl (C=O) groups excluding carboxylic acids is 2. The normalized spacial score (nSPS) is 19.1. The summed E-state index contributed by atoms with van der Waals surface area (Å²) >= 11 is 0. The second kappa shape index (κ2) is 7.61. The van der Waals surface area contributed by atoms with Crippen LogP contribution in [0.1, 0.15) is 32.4 Å². The topological polar surface area (TPSA) is 82.0 Å². The molecule has 0 aromatic heterocycles. The summed E-state index contributed by atoms with van der Waals surface area (Å²) in [7, 11) is 0. The van der Waals surface area contributed by atoms with E-state index in [0.29, 0.717) is 17.0 Å². The SMILES string of the molecule is CC(=O)N1N=C(C(C)C)C(C(=O)Nc2ccccc2)C1c1ccccc1O. The van der Waals surface area contributed by atoms with E-state index in [-0.39, 0.29) is 23.5 Å². The Morgan fingerprint density at radius 2 is 1.70 bits per heavy atom. The summed E-state index contributed by atoms with van der Waals surface area (Å²) in [6.07, 6.45) is 0. The Balaban J connectivity index is 2.05. The van der Waals surface area contributed by atoms with Crippen LogP contribution >= 0.6 is 0 Å². The van der Waals surface area contributed by atoms with Gasteiger partial charge in [0.15, 0.2) is 0 Å². The molecule has 140 valence electrons. The number of para-hydroxylation sites is 2. The van der Waals surface area contributed by atoms with E-state index in [9.17, 15) is 14.7 Å². The number of hydrazone groups is 1. The Morgan fingerprint density at radius 1 is 1.07 bits per heavy atom. The number of aromatic hydroxyl groups is 1. The third kappa shape index (κ3) is 3.69. The maximum Gasteiger partial charge on any atom is 0.240 e. The van der Waals surface area contributed by atoms with Crippen LogP contribution in [0, 0.1) is 11.8 Å². The minimum Gasteiger partial charge on any atom is -0.508 e. The zero-order chi connectivity index (χ0) is 19.6. The number of phenols is 1. The molecule has 2 aromatic carbocycles. The summed E-state index contributed by atoms with van der Waals surface area (Å²) < 4.78 is 0. The third-order valence-electron chi connectivity index (χ3n) is 4.61. The third-order valence-corrected chi connectivity index (χ3v) is 4.61. The van der Waals surface area contributed by atoms with Crippen LogP contribution in [0.25, 0.3) is 0 Å². The van der Waals surface area contributed by atoms with Gasteiger partial charge >= 0.3 is 0 Å². The lowest BCUT2D eigenvalue weighted by Crippen LogP contribution is -2.37. The van der Waals surface area contributed by atoms with E-state index < -0.39 is 12.0 Å². The lowest BCUT2D eigenvalue weighted by Gasteiger charge is -2.27. The maximum absolute atomic E-state index is 13.2. The molecule has 1 heterocycles. The Labute approximate surface area is 158 Å². The highest BCUT2D eigenvalue weighted by atomic mass is 16.3. The van der Waals surface area contributed by atoms with Crippen molar-refractivity contribution in [2.45, 2.75) is 26.8 Å². The average molecular weight is 365 g/mol. The molecule has 0 aliphatic carbocycles. The lowest BCUT2D eigenvalue weighted by atomic mass is 9.84. The van der Waals surface area contributed by atoms with E-state index >= 15 is 0 Å². The molecule has 2 aromatic rings. The fourth-order valence-corrected chi connectivity index (χ4v) is 3.36. The van der Waals surface area contributed by atoms with Gasteiger partial charge < -0.3 is 10.4 Å². The van der Waals surface area contributed by atoms with Gasteiger partial charge in [0, 0.05) is 18.2 Å². The predicted molar refractivity (Wildman–Crippen MR) is 104 cm³/mol. The smallest absolute Gasteiger partial charge is 0.240 e. The number of anilines is 1. The second-order valence-corrected chi connectivity index (χ2v) is 6.88. The fraction of sp³-hybridized carbons (Fsp3) is 0.286. The molecule has 2 N–H and O–H groups in total. The van der Waals surface area contributed by atoms with Gasteiger partial charge in [-0.3, -0.25) is 9.59 Å². The summed E-state index contributed by atoms with van der Waals surface area (Å²) in [5.74, 6) is -1.23. The number of carbonyl (C=O) groups is 2. The molecule has 0 spiro atoms. The number of hydrogen-bond acceptors (Lipinski definition) is 4. The van der Waals surface area contributed by atoms with Gasteiger partial charge in [-0.2, -0.15) is 5.10 Å². The van der Waals surface area contributed by atoms with E-state index in [1.54, 1.807) is 36.4 Å². The van der Waals surface area contributed by atoms with Crippen LogP contribution in [-0.2, 0) is 9.59 Å². The van der Waals surface area contributed by atoms with Gasteiger partial charge in [0.1, 0.15) is 17.7 Å². The maximum atomic E-state index is 13.2. The Kier molecular flexibility index (Phi) is 5.26. The number of rotatable bonds is 4. The molecule has 6 heteroatoms. The summed E-state index contributed by atoms with van der Waals surface area (Å²) in [6, 6.07) is 15.2. The van der Waals surface area contributed by atoms with Gasteiger partial charge in [-0.05, 0) is 24.1 Å². The molecule has 1 aliphatic rings. The van der Waals surface area contributed by atoms with Crippen LogP contribution in [0.4, 0.5) is 5.69 Å². The molecule has 2 amide bonds. The van der Waals surface area contributed by atoms with Crippen molar-refractivity contribution < 1.29 is 14.7 Å². The number of hydrogen-bond donors (Lipinski definition) is 2. The molecule has 6 nitrogen and oxygen atoms in total. The van der Waals surface area contributed by atoms with E-state index in [1.165, 1.54) is 11.9 Å². The van der Waals surface area contributed by atoms with Crippen LogP contribution < -0.4 is 5.32 Å². The summed E-state index contributed by atoms with van der Waals surface area (Å²) in [5, 5.41) is 19.0. The molecule has 0 radical (unpaired) electrons. The predicted octanol–water partition coefficient (Wildman–Crippen LogP) is 3.56. The molecule has 0 saturated heterocycles. The minimum atomic E-state index is -0.692. The van der Waals surface area contributed by atoms with Gasteiger partial charge in [-0.1, -0.05) is 50.2 Å². The fourth-order valence-electron chi connectivity index (χ4n) is 3.36. The largest absolute Gasteiger partial charge is 0.508 e. The van der Waals surface area contributed by atoms with Crippen molar-refractivity contribution in [2.24, 2.45) is 16.9 Å². The van der Waals surface area contributed by atoms with Crippen molar-refractivity contribution in [2.75, 3.05) is 5.32 Å². The number of amides is 2. The molecule has 27 heavy (non-hydrogen) atoms. The van der Waals surface area contributed by atoms with Crippen LogP contribution in [0.15, 0.2) is 59.7 Å². The van der Waals surface area contributed by atoms with Crippen LogP contribution in [0.3, 0.4) is 0 Å². The molecule has 2 unspecified atom stereocenters. The number of phenolic OH excluding ortho intramolecular Hbond substituents is 1. The zero-order valence-electron chi connectivity index (χ0n) is 15.6. The van der Waals surface area contributed by atoms with E-state index in [1.807, 2.05) is 32.0 Å². The van der Waals surface area contributed by atoms with Gasteiger partial charge in [-0.15, -0.1) is 0 Å². The van der Waals surface area contributed by atoms with Crippen molar-refractivity contribution in [1.29, 1.82) is 0 Å². The Bertz CT molecular complexity index is 877. The highest BCUT2D eigenvalue weighted by Gasteiger charge is 2.46. The van der Waals surface area contributed by atoms with Crippen molar-refractivity contribution in [3.63, 3.8) is 0 Å². The second-order valence-electron chi connectivity index (χ2n) is 6.88. The molecule has 1 aliphatic heterocycles. The zero-order valence-corrected chi connectivity index (χ0v) is 15.6. The molecule has 0 fully saturated rings. The summed E-state index contributed by atoms with van der Waals surface area (Å²) in [4.78, 5) is 25.4. The van der Waals surface area contributed by atoms with Gasteiger partial charge in [-0.25, -0.2) is 5.01 Å². The van der Waals surface area contributed by atoms with Gasteiger partial charge in [0.05, 0.1) is 5.71 Å². The first-order valence-corrected chi connectivity index (χ1v) is 8.92. The Hall–Kier alpha value is -3.15. The molecular formula is C21H23N3O3. The van der Waals surface area contributed by atoms with E-state index in [0.717, 1.165) is 0 Å². The number of nitrogens with zero attached hydrogens (tertiary/aromatic N) is 2. The molecular weight excluding hydrogens is 342 g/mol. The molecule has 2 atom stereocenters. The van der Waals surface area contributed by atoms with Crippen molar-refractivity contribution in [3.05, 3.63) is 60.2 Å². The van der Waals surface area contributed by atoms with E-state index in [2.05, 4.69) is 10.4 Å². The Morgan fingerprint density at radius 3 is 2.30 bits per heavy atom. The van der Waals surface area contributed by atoms with E-state index in [4.69, 9.17) is 0 Å². The van der Waals surface area contributed by atoms with Crippen LogP contribution in [0.5, 0.6) is 5.75 Å². The van der Waals surface area contributed by atoms with Crippen molar-refractivity contribution >= 4 is 23.2 Å². The minimum absolute atomic E-state index is 0.0331. The molecule has 0 saturated carbocycles. The van der Waals surface area contributed by atoms with Crippen molar-refractivity contribution in [3.8, 4) is 5.75 Å². The van der Waals surface area contributed by atoms with Gasteiger partial charge in [0.2, 0.25) is 11.8 Å². The molecule has 3 rings (SSSR count). The lowest BCUT2D eigenvalue weighted by molar-refractivity contribution is -0.132. The highest BCUT2D eigenvalue weighted by molar-refractivity contribution is 6.12. The number of benzene rings is 2. The quantitative estimate of drug-likeness (QED) is 0.869. The standard InChI is InChI=1S/C21H23N3O3/c1-13(2)19-18(21(27)22-15-9-5-4-6-10-15)20(24(23-19)14(3)25)16-11-7-8-12-17(16)26/h4-13,18,20,26H,1-3H3,(H,22,27). The van der Waals surface area contributed by atoms with Gasteiger partial charge in [0.25, 0.3) is 0 Å². The van der Waals surface area contributed by atoms with Crippen LogP contribution in [-0.4, -0.2) is 27.6 Å². The first-order chi connectivity index (χ1) is 12.9. The van der Waals surface area contributed by atoms with Crippen LogP contribution in [0.2, 0.25) is 0 Å². The summed E-state index contributed by atoms with van der Waals surface area (Å²) in [6.45, 7) is 5.28. The van der Waals surface area contributed by atoms with Crippen molar-refractivity contribution in [1.82, 2.24) is 5.01 Å². The monoisotopic (exact) mass is 365 g/mol. The summed E-state index contributed by atoms with van der Waals surface area (Å²) in [5.41, 5.74) is 1.79.